The van der Waals surface area contributed by atoms with Gasteiger partial charge in [-0.1, -0.05) is 32.1 Å². The van der Waals surface area contributed by atoms with E-state index in [4.69, 9.17) is 0 Å². The Balaban J connectivity index is 1.46. The monoisotopic (exact) mass is 193 g/mol. The first-order chi connectivity index (χ1) is 6.92. The molecule has 2 aliphatic carbocycles. The molecule has 0 radical (unpaired) electrons. The Morgan fingerprint density at radius 2 is 1.50 bits per heavy atom. The molecule has 2 saturated carbocycles. The van der Waals surface area contributed by atoms with Gasteiger partial charge in [0.25, 0.3) is 0 Å². The van der Waals surface area contributed by atoms with Crippen molar-refractivity contribution in [1.82, 2.24) is 5.32 Å². The summed E-state index contributed by atoms with van der Waals surface area (Å²) in [4.78, 5) is 0. The summed E-state index contributed by atoms with van der Waals surface area (Å²) < 4.78 is 0. The third-order valence-electron chi connectivity index (χ3n) is 4.74. The van der Waals surface area contributed by atoms with Crippen LogP contribution in [0.5, 0.6) is 0 Å². The molecule has 3 unspecified atom stereocenters. The maximum atomic E-state index is 3.56. The van der Waals surface area contributed by atoms with E-state index < -0.39 is 0 Å². The van der Waals surface area contributed by atoms with Crippen molar-refractivity contribution in [3.63, 3.8) is 0 Å². The number of fused-ring (bicyclic) bond motifs is 1. The molecule has 3 aliphatic rings. The second-order valence-electron chi connectivity index (χ2n) is 5.88. The Bertz CT molecular complexity index is 197. The van der Waals surface area contributed by atoms with Gasteiger partial charge in [-0.15, -0.1) is 0 Å². The molecule has 0 bridgehead atoms. The highest BCUT2D eigenvalue weighted by atomic mass is 14.9. The van der Waals surface area contributed by atoms with E-state index in [1.807, 2.05) is 0 Å². The molecular formula is C13H23N. The van der Waals surface area contributed by atoms with Gasteiger partial charge in [-0.3, -0.25) is 0 Å². The van der Waals surface area contributed by atoms with Gasteiger partial charge in [0.2, 0.25) is 0 Å². The van der Waals surface area contributed by atoms with E-state index in [2.05, 4.69) is 5.32 Å². The Morgan fingerprint density at radius 1 is 0.786 bits per heavy atom. The van der Waals surface area contributed by atoms with Crippen molar-refractivity contribution in [2.24, 2.45) is 23.7 Å². The molecule has 14 heavy (non-hydrogen) atoms. The van der Waals surface area contributed by atoms with Crippen LogP contribution in [0.4, 0.5) is 0 Å². The number of hydrogen-bond donors (Lipinski definition) is 1. The van der Waals surface area contributed by atoms with Gasteiger partial charge < -0.3 is 5.32 Å². The van der Waals surface area contributed by atoms with Crippen LogP contribution in [-0.4, -0.2) is 13.1 Å². The average Bonchev–Trinajstić information content (AvgIpc) is 2.92. The van der Waals surface area contributed by atoms with Crippen LogP contribution in [0.25, 0.3) is 0 Å². The van der Waals surface area contributed by atoms with Crippen molar-refractivity contribution < 1.29 is 0 Å². The molecular weight excluding hydrogens is 170 g/mol. The highest BCUT2D eigenvalue weighted by molar-refractivity contribution is 4.88. The minimum absolute atomic E-state index is 1.05. The van der Waals surface area contributed by atoms with Crippen molar-refractivity contribution >= 4 is 0 Å². The zero-order valence-corrected chi connectivity index (χ0v) is 9.17. The largest absolute Gasteiger partial charge is 0.316 e. The Kier molecular flexibility index (Phi) is 2.53. The van der Waals surface area contributed by atoms with Crippen molar-refractivity contribution in [3.05, 3.63) is 0 Å². The van der Waals surface area contributed by atoms with Crippen molar-refractivity contribution in [2.75, 3.05) is 13.1 Å². The van der Waals surface area contributed by atoms with Crippen LogP contribution >= 0.6 is 0 Å². The van der Waals surface area contributed by atoms with Gasteiger partial charge in [-0.2, -0.15) is 0 Å². The van der Waals surface area contributed by atoms with E-state index >= 15 is 0 Å². The number of rotatable bonds is 3. The van der Waals surface area contributed by atoms with Crippen LogP contribution in [0.15, 0.2) is 0 Å². The van der Waals surface area contributed by atoms with E-state index in [0.717, 1.165) is 23.7 Å². The second-order valence-corrected chi connectivity index (χ2v) is 5.88. The predicted octanol–water partition coefficient (Wildman–Crippen LogP) is 2.81. The smallest absolute Gasteiger partial charge is 0.00172 e. The summed E-state index contributed by atoms with van der Waals surface area (Å²) in [6, 6.07) is 0. The first-order valence-electron chi connectivity index (χ1n) is 6.62. The minimum atomic E-state index is 1.05. The van der Waals surface area contributed by atoms with Crippen LogP contribution in [-0.2, 0) is 0 Å². The molecule has 1 aliphatic heterocycles. The lowest BCUT2D eigenvalue weighted by Crippen LogP contribution is -2.23. The summed E-state index contributed by atoms with van der Waals surface area (Å²) in [5.41, 5.74) is 0. The van der Waals surface area contributed by atoms with E-state index in [-0.39, 0.29) is 0 Å². The van der Waals surface area contributed by atoms with Crippen LogP contribution in [0.1, 0.15) is 44.9 Å². The fourth-order valence-electron chi connectivity index (χ4n) is 3.54. The SMILES string of the molecule is C1CC1CCC1CCC2CNCC2C1. The summed E-state index contributed by atoms with van der Waals surface area (Å²) in [6.45, 7) is 2.64. The lowest BCUT2D eigenvalue weighted by molar-refractivity contribution is 0.211. The van der Waals surface area contributed by atoms with Crippen LogP contribution in [0.2, 0.25) is 0 Å². The van der Waals surface area contributed by atoms with E-state index in [0.29, 0.717) is 0 Å². The summed E-state index contributed by atoms with van der Waals surface area (Å²) >= 11 is 0. The Hall–Kier alpha value is -0.0400. The third-order valence-corrected chi connectivity index (χ3v) is 4.74. The Morgan fingerprint density at radius 3 is 2.36 bits per heavy atom. The molecule has 3 fully saturated rings. The Labute approximate surface area is 87.7 Å². The van der Waals surface area contributed by atoms with Crippen molar-refractivity contribution in [2.45, 2.75) is 44.9 Å². The first kappa shape index (κ1) is 9.21. The zero-order valence-electron chi connectivity index (χ0n) is 9.17. The standard InChI is InChI=1S/C13H23N/c1-2-10(1)3-4-11-5-6-12-8-14-9-13(12)7-11/h10-14H,1-9H2. The highest BCUT2D eigenvalue weighted by Crippen LogP contribution is 2.41. The fourth-order valence-corrected chi connectivity index (χ4v) is 3.54. The maximum absolute atomic E-state index is 3.56. The predicted molar refractivity (Wildman–Crippen MR) is 59.1 cm³/mol. The molecule has 80 valence electrons. The number of hydrogen-bond acceptors (Lipinski definition) is 1. The van der Waals surface area contributed by atoms with E-state index in [1.165, 1.54) is 25.9 Å². The molecule has 1 saturated heterocycles. The molecule has 1 heterocycles. The average molecular weight is 193 g/mol. The highest BCUT2D eigenvalue weighted by Gasteiger charge is 2.34. The summed E-state index contributed by atoms with van der Waals surface area (Å²) in [6.07, 6.45) is 10.8. The lowest BCUT2D eigenvalue weighted by atomic mass is 9.74. The molecule has 1 nitrogen and oxygen atoms in total. The second kappa shape index (κ2) is 3.84. The fraction of sp³-hybridized carbons (Fsp3) is 1.00. The van der Waals surface area contributed by atoms with Gasteiger partial charge in [0, 0.05) is 0 Å². The molecule has 3 rings (SSSR count). The summed E-state index contributed by atoms with van der Waals surface area (Å²) in [5, 5.41) is 3.56. The van der Waals surface area contributed by atoms with Crippen LogP contribution in [0, 0.1) is 23.7 Å². The molecule has 0 aromatic carbocycles. The topological polar surface area (TPSA) is 12.0 Å². The van der Waals surface area contributed by atoms with Crippen molar-refractivity contribution in [1.29, 1.82) is 0 Å². The van der Waals surface area contributed by atoms with Crippen molar-refractivity contribution in [3.8, 4) is 0 Å². The van der Waals surface area contributed by atoms with Crippen LogP contribution < -0.4 is 5.32 Å². The molecule has 1 heteroatoms. The molecule has 1 N–H and O–H groups in total. The quantitative estimate of drug-likeness (QED) is 0.727. The third kappa shape index (κ3) is 1.98. The van der Waals surface area contributed by atoms with E-state index in [9.17, 15) is 0 Å². The van der Waals surface area contributed by atoms with Gasteiger partial charge in [-0.05, 0) is 49.6 Å². The van der Waals surface area contributed by atoms with Gasteiger partial charge in [0.15, 0.2) is 0 Å². The summed E-state index contributed by atoms with van der Waals surface area (Å²) in [7, 11) is 0. The first-order valence-corrected chi connectivity index (χ1v) is 6.62. The molecule has 0 spiro atoms. The zero-order chi connectivity index (χ0) is 9.38. The summed E-state index contributed by atoms with van der Waals surface area (Å²) in [5.74, 6) is 4.34. The molecule has 0 amide bonds. The van der Waals surface area contributed by atoms with Crippen LogP contribution in [0.3, 0.4) is 0 Å². The van der Waals surface area contributed by atoms with Gasteiger partial charge in [0.05, 0.1) is 0 Å². The van der Waals surface area contributed by atoms with E-state index in [1.54, 1.807) is 32.1 Å². The van der Waals surface area contributed by atoms with Gasteiger partial charge in [0.1, 0.15) is 0 Å². The normalized spacial score (nSPS) is 42.4. The minimum Gasteiger partial charge on any atom is -0.316 e. The number of nitrogens with one attached hydrogen (secondary N) is 1. The molecule has 0 aromatic heterocycles. The van der Waals surface area contributed by atoms with Gasteiger partial charge in [-0.25, -0.2) is 0 Å². The lowest BCUT2D eigenvalue weighted by Gasteiger charge is -2.31. The van der Waals surface area contributed by atoms with Gasteiger partial charge >= 0.3 is 0 Å². The molecule has 0 aromatic rings. The maximum Gasteiger partial charge on any atom is -0.00172 e. The molecule has 3 atom stereocenters.